The molecule has 1 saturated heterocycles. The number of nitrogens with one attached hydrogen (secondary N) is 1. The maximum Gasteiger partial charge on any atom is 0.325 e. The molecule has 1 aromatic heterocycles. The van der Waals surface area contributed by atoms with Gasteiger partial charge in [-0.3, -0.25) is 14.5 Å². The van der Waals surface area contributed by atoms with E-state index in [1.54, 1.807) is 44.2 Å². The molecule has 3 atom stereocenters. The molecule has 2 aromatic rings. The van der Waals surface area contributed by atoms with Crippen LogP contribution in [0.3, 0.4) is 0 Å². The number of hydrogen-bond donors (Lipinski definition) is 2. The van der Waals surface area contributed by atoms with Crippen LogP contribution in [0.2, 0.25) is 0 Å². The summed E-state index contributed by atoms with van der Waals surface area (Å²) in [7, 11) is -4.22. The standard InChI is InChI=1S/C19H22N4O6S/c1-12-10-15(20-29-12)23-9-8-22(11-16(23)24)30(27,28)21-19(18(25)26)13(2)17(19)14-6-4-3-5-7-14/h3-7,10,13,17,21H,8-9,11H2,1-2H3,(H,25,26)/t13?,17-,19-/m0/s1. The van der Waals surface area contributed by atoms with E-state index in [-0.39, 0.29) is 13.1 Å². The van der Waals surface area contributed by atoms with Crippen LogP contribution in [0.15, 0.2) is 40.9 Å². The van der Waals surface area contributed by atoms with Crippen molar-refractivity contribution in [2.24, 2.45) is 5.92 Å². The Morgan fingerprint density at radius 3 is 2.57 bits per heavy atom. The summed E-state index contributed by atoms with van der Waals surface area (Å²) in [4.78, 5) is 26.0. The molecule has 0 bridgehead atoms. The van der Waals surface area contributed by atoms with E-state index in [0.29, 0.717) is 11.6 Å². The maximum absolute atomic E-state index is 13.0. The summed E-state index contributed by atoms with van der Waals surface area (Å²) in [6, 6.07) is 10.5. The van der Waals surface area contributed by atoms with Crippen molar-refractivity contribution in [1.82, 2.24) is 14.2 Å². The summed E-state index contributed by atoms with van der Waals surface area (Å²) in [5, 5.41) is 13.7. The van der Waals surface area contributed by atoms with Crippen LogP contribution in [0.4, 0.5) is 5.82 Å². The van der Waals surface area contributed by atoms with Crippen molar-refractivity contribution in [3.8, 4) is 0 Å². The van der Waals surface area contributed by atoms with Gasteiger partial charge in [-0.15, -0.1) is 0 Å². The first-order valence-electron chi connectivity index (χ1n) is 9.48. The predicted octanol–water partition coefficient (Wildman–Crippen LogP) is 0.723. The van der Waals surface area contributed by atoms with Gasteiger partial charge in [-0.05, 0) is 18.4 Å². The quantitative estimate of drug-likeness (QED) is 0.684. The Balaban J connectivity index is 1.53. The Hall–Kier alpha value is -2.76. The lowest BCUT2D eigenvalue weighted by molar-refractivity contribution is -0.140. The molecule has 30 heavy (non-hydrogen) atoms. The Morgan fingerprint density at radius 1 is 1.30 bits per heavy atom. The topological polar surface area (TPSA) is 133 Å². The molecule has 1 aliphatic heterocycles. The predicted molar refractivity (Wildman–Crippen MR) is 106 cm³/mol. The smallest absolute Gasteiger partial charge is 0.325 e. The summed E-state index contributed by atoms with van der Waals surface area (Å²) in [6.07, 6.45) is 0. The van der Waals surface area contributed by atoms with Gasteiger partial charge in [-0.2, -0.15) is 17.4 Å². The van der Waals surface area contributed by atoms with E-state index in [9.17, 15) is 23.1 Å². The van der Waals surface area contributed by atoms with Gasteiger partial charge in [-0.25, -0.2) is 0 Å². The number of carboxylic acids is 1. The number of aliphatic carboxylic acids is 1. The van der Waals surface area contributed by atoms with Crippen molar-refractivity contribution in [3.63, 3.8) is 0 Å². The maximum atomic E-state index is 13.0. The average molecular weight is 434 g/mol. The Morgan fingerprint density at radius 2 is 2.00 bits per heavy atom. The zero-order valence-electron chi connectivity index (χ0n) is 16.5. The van der Waals surface area contributed by atoms with Crippen LogP contribution in [-0.2, 0) is 19.8 Å². The van der Waals surface area contributed by atoms with Crippen molar-refractivity contribution in [1.29, 1.82) is 0 Å². The Bertz CT molecular complexity index is 1090. The van der Waals surface area contributed by atoms with Crippen LogP contribution in [0.5, 0.6) is 0 Å². The fourth-order valence-corrected chi connectivity index (χ4v) is 5.72. The number of nitrogens with zero attached hydrogens (tertiary/aromatic N) is 3. The highest BCUT2D eigenvalue weighted by atomic mass is 32.2. The molecule has 4 rings (SSSR count). The largest absolute Gasteiger partial charge is 0.480 e. The minimum absolute atomic E-state index is 0.00701. The van der Waals surface area contributed by atoms with E-state index in [1.165, 1.54) is 4.90 Å². The average Bonchev–Trinajstić information content (AvgIpc) is 3.04. The van der Waals surface area contributed by atoms with E-state index < -0.39 is 46.0 Å². The second-order valence-electron chi connectivity index (χ2n) is 7.63. The van der Waals surface area contributed by atoms with E-state index >= 15 is 0 Å². The fraction of sp³-hybridized carbons (Fsp3) is 0.421. The van der Waals surface area contributed by atoms with Gasteiger partial charge in [0.1, 0.15) is 11.3 Å². The summed E-state index contributed by atoms with van der Waals surface area (Å²) in [5.41, 5.74) is -0.902. The molecule has 160 valence electrons. The zero-order valence-corrected chi connectivity index (χ0v) is 17.3. The van der Waals surface area contributed by atoms with Crippen molar-refractivity contribution in [2.45, 2.75) is 25.3 Å². The number of benzene rings is 1. The lowest BCUT2D eigenvalue weighted by Crippen LogP contribution is -2.58. The molecule has 11 heteroatoms. The van der Waals surface area contributed by atoms with Gasteiger partial charge in [0, 0.05) is 25.1 Å². The van der Waals surface area contributed by atoms with Gasteiger partial charge in [0.15, 0.2) is 5.82 Å². The van der Waals surface area contributed by atoms with Gasteiger partial charge >= 0.3 is 5.97 Å². The zero-order chi connectivity index (χ0) is 21.7. The lowest BCUT2D eigenvalue weighted by atomic mass is 10.1. The molecule has 2 fully saturated rings. The third-order valence-corrected chi connectivity index (χ3v) is 7.42. The highest BCUT2D eigenvalue weighted by molar-refractivity contribution is 7.87. The molecule has 1 saturated carbocycles. The molecule has 1 amide bonds. The van der Waals surface area contributed by atoms with Crippen LogP contribution in [0, 0.1) is 12.8 Å². The number of piperazine rings is 1. The molecule has 10 nitrogen and oxygen atoms in total. The SMILES string of the molecule is Cc1cc(N2CCN(S(=O)(=O)N[C@@]3(C(=O)O)C(C)[C@H]3c3ccccc3)CC2=O)no1. The Kier molecular flexibility index (Phi) is 4.91. The van der Waals surface area contributed by atoms with Gasteiger partial charge in [-0.1, -0.05) is 42.4 Å². The number of amides is 1. The van der Waals surface area contributed by atoms with Crippen LogP contribution >= 0.6 is 0 Å². The summed E-state index contributed by atoms with van der Waals surface area (Å²) >= 11 is 0. The summed E-state index contributed by atoms with van der Waals surface area (Å²) < 4.78 is 34.3. The lowest BCUT2D eigenvalue weighted by Gasteiger charge is -2.33. The van der Waals surface area contributed by atoms with Crippen molar-refractivity contribution >= 4 is 27.9 Å². The van der Waals surface area contributed by atoms with Gasteiger partial charge < -0.3 is 9.63 Å². The number of rotatable bonds is 6. The molecular weight excluding hydrogens is 412 g/mol. The molecule has 0 radical (unpaired) electrons. The number of carbonyl (C=O) groups excluding carboxylic acids is 1. The van der Waals surface area contributed by atoms with Gasteiger partial charge in [0.2, 0.25) is 5.91 Å². The van der Waals surface area contributed by atoms with E-state index in [0.717, 1.165) is 9.87 Å². The molecule has 2 N–H and O–H groups in total. The molecule has 1 aromatic carbocycles. The number of aryl methyl sites for hydroxylation is 1. The third-order valence-electron chi connectivity index (χ3n) is 5.83. The number of aromatic nitrogens is 1. The van der Waals surface area contributed by atoms with E-state index in [4.69, 9.17) is 4.52 Å². The molecule has 1 aliphatic carbocycles. The first-order valence-corrected chi connectivity index (χ1v) is 10.9. The van der Waals surface area contributed by atoms with Crippen molar-refractivity contribution < 1.29 is 27.6 Å². The Labute approximate surface area is 173 Å². The molecule has 2 heterocycles. The highest BCUT2D eigenvalue weighted by Crippen LogP contribution is 2.57. The number of hydrogen-bond acceptors (Lipinski definition) is 6. The number of anilines is 1. The first-order chi connectivity index (χ1) is 14.2. The van der Waals surface area contributed by atoms with Crippen LogP contribution in [-0.4, -0.2) is 60.0 Å². The monoisotopic (exact) mass is 434 g/mol. The molecular formula is C19H22N4O6S. The van der Waals surface area contributed by atoms with Crippen molar-refractivity contribution in [2.75, 3.05) is 24.5 Å². The second-order valence-corrected chi connectivity index (χ2v) is 9.30. The van der Waals surface area contributed by atoms with Crippen molar-refractivity contribution in [3.05, 3.63) is 47.7 Å². The van der Waals surface area contributed by atoms with Crippen LogP contribution < -0.4 is 9.62 Å². The molecule has 1 unspecified atom stereocenters. The normalized spacial score (nSPS) is 27.3. The summed E-state index contributed by atoms with van der Waals surface area (Å²) in [5.74, 6) is -1.79. The number of carboxylic acid groups (broad SMARTS) is 1. The second kappa shape index (κ2) is 7.18. The number of carbonyl (C=O) groups is 2. The van der Waals surface area contributed by atoms with E-state index in [2.05, 4.69) is 9.88 Å². The third kappa shape index (κ3) is 3.28. The van der Waals surface area contributed by atoms with Crippen LogP contribution in [0.1, 0.15) is 24.2 Å². The van der Waals surface area contributed by atoms with Gasteiger partial charge in [0.25, 0.3) is 10.2 Å². The first kappa shape index (κ1) is 20.5. The summed E-state index contributed by atoms with van der Waals surface area (Å²) in [6.45, 7) is 3.07. The minimum Gasteiger partial charge on any atom is -0.480 e. The minimum atomic E-state index is -4.22. The highest BCUT2D eigenvalue weighted by Gasteiger charge is 2.70. The van der Waals surface area contributed by atoms with E-state index in [1.807, 2.05) is 6.07 Å². The molecule has 0 spiro atoms. The van der Waals surface area contributed by atoms with Gasteiger partial charge in [0.05, 0.1) is 6.54 Å². The van der Waals surface area contributed by atoms with Crippen LogP contribution in [0.25, 0.3) is 0 Å². The fourth-order valence-electron chi connectivity index (χ4n) is 4.16. The molecule has 2 aliphatic rings.